The highest BCUT2D eigenvalue weighted by Crippen LogP contribution is 2.28. The van der Waals surface area contributed by atoms with Crippen LogP contribution in [0.4, 0.5) is 5.69 Å². The molecule has 0 saturated carbocycles. The predicted octanol–water partition coefficient (Wildman–Crippen LogP) is 2.90. The van der Waals surface area contributed by atoms with Crippen molar-refractivity contribution >= 4 is 62.8 Å². The van der Waals surface area contributed by atoms with Gasteiger partial charge in [0.05, 0.1) is 11.7 Å². The van der Waals surface area contributed by atoms with Gasteiger partial charge in [0.1, 0.15) is 17.1 Å². The second-order valence-electron chi connectivity index (χ2n) is 6.47. The first-order valence-electron chi connectivity index (χ1n) is 8.93. The molecule has 1 N–H and O–H groups in total. The number of carbonyl (C=O) groups excluding carboxylic acids is 3. The van der Waals surface area contributed by atoms with Crippen LogP contribution in [0.25, 0.3) is 17.4 Å². The van der Waals surface area contributed by atoms with E-state index in [-0.39, 0.29) is 27.8 Å². The molecule has 1 saturated heterocycles. The second kappa shape index (κ2) is 8.29. The number of aromatic carboxylic acids is 1. The lowest BCUT2D eigenvalue weighted by Crippen LogP contribution is -2.54. The summed E-state index contributed by atoms with van der Waals surface area (Å²) < 4.78 is 6.51. The van der Waals surface area contributed by atoms with Gasteiger partial charge in [0.15, 0.2) is 5.11 Å². The maximum atomic E-state index is 13.0. The molecule has 0 radical (unpaired) electrons. The third kappa shape index (κ3) is 4.05. The molecule has 2 aromatic carbocycles. The number of carboxylic acids is 1. The summed E-state index contributed by atoms with van der Waals surface area (Å²) in [4.78, 5) is 38.0. The van der Waals surface area contributed by atoms with E-state index < -0.39 is 17.8 Å². The quantitative estimate of drug-likeness (QED) is 0.339. The molecule has 0 spiro atoms. The lowest BCUT2D eigenvalue weighted by atomic mass is 10.1. The Bertz CT molecular complexity index is 1260. The summed E-state index contributed by atoms with van der Waals surface area (Å²) in [6, 6.07) is 16.2. The minimum absolute atomic E-state index is 0.0301. The molecule has 1 aliphatic heterocycles. The van der Waals surface area contributed by atoms with Crippen LogP contribution in [-0.2, 0) is 9.59 Å². The molecule has 7 nitrogen and oxygen atoms in total. The molecule has 3 aromatic rings. The summed E-state index contributed by atoms with van der Waals surface area (Å²) in [6.07, 6.45) is 1.29. The summed E-state index contributed by atoms with van der Waals surface area (Å²) in [7, 11) is 0. The Morgan fingerprint density at radius 1 is 1.06 bits per heavy atom. The smallest absolute Gasteiger partial charge is 0.270 e. The third-order valence-corrected chi connectivity index (χ3v) is 5.33. The van der Waals surface area contributed by atoms with E-state index in [0.29, 0.717) is 11.3 Å². The fraction of sp³-hybridized carbons (Fsp3) is 0. The van der Waals surface area contributed by atoms with Crippen LogP contribution in [0.2, 0.25) is 0 Å². The van der Waals surface area contributed by atoms with Crippen molar-refractivity contribution in [1.29, 1.82) is 0 Å². The van der Waals surface area contributed by atoms with Gasteiger partial charge in [-0.25, -0.2) is 0 Å². The van der Waals surface area contributed by atoms with E-state index in [1.54, 1.807) is 48.5 Å². The van der Waals surface area contributed by atoms with E-state index in [1.807, 2.05) is 0 Å². The van der Waals surface area contributed by atoms with Gasteiger partial charge in [-0.2, -0.15) is 0 Å². The lowest BCUT2D eigenvalue weighted by Gasteiger charge is -2.28. The number of carbonyl (C=O) groups is 3. The average molecular weight is 496 g/mol. The van der Waals surface area contributed by atoms with Gasteiger partial charge >= 0.3 is 0 Å². The standard InChI is InChI=1S/C22H13BrN2O5S/c23-12-5-7-13(8-6-12)25-20(27)17(19(26)24-22(25)31)11-14-9-10-18(30-14)15-3-1-2-4-16(15)21(28)29/h1-11H,(H,28,29)(H,24,26,31)/p-1/b17-11+. The van der Waals surface area contributed by atoms with Crippen molar-refractivity contribution in [2.75, 3.05) is 4.90 Å². The van der Waals surface area contributed by atoms with Crippen molar-refractivity contribution in [1.82, 2.24) is 5.32 Å². The van der Waals surface area contributed by atoms with Crippen molar-refractivity contribution in [2.24, 2.45) is 0 Å². The molecule has 1 fully saturated rings. The average Bonchev–Trinajstić information content (AvgIpc) is 3.21. The van der Waals surface area contributed by atoms with Crippen LogP contribution in [0, 0.1) is 0 Å². The Morgan fingerprint density at radius 3 is 2.48 bits per heavy atom. The zero-order chi connectivity index (χ0) is 22.1. The number of hydrogen-bond donors (Lipinski definition) is 1. The molecular weight excluding hydrogens is 484 g/mol. The molecule has 4 rings (SSSR count). The van der Waals surface area contributed by atoms with E-state index >= 15 is 0 Å². The number of amides is 2. The number of rotatable bonds is 4. The molecule has 0 aliphatic carbocycles. The van der Waals surface area contributed by atoms with Crippen molar-refractivity contribution < 1.29 is 23.9 Å². The van der Waals surface area contributed by atoms with Gasteiger partial charge in [-0.1, -0.05) is 40.2 Å². The number of hydrogen-bond acceptors (Lipinski definition) is 6. The molecule has 0 unspecified atom stereocenters. The van der Waals surface area contributed by atoms with E-state index in [2.05, 4.69) is 21.2 Å². The third-order valence-electron chi connectivity index (χ3n) is 4.51. The molecule has 2 amide bonds. The highest BCUT2D eigenvalue weighted by Gasteiger charge is 2.34. The molecule has 0 atom stereocenters. The SMILES string of the molecule is O=C1NC(=S)N(c2ccc(Br)cc2)C(=O)/C1=C/c1ccc(-c2ccccc2C(=O)[O-])o1. The Kier molecular flexibility index (Phi) is 5.53. The predicted molar refractivity (Wildman–Crippen MR) is 119 cm³/mol. The first-order chi connectivity index (χ1) is 14.8. The molecule has 154 valence electrons. The maximum Gasteiger partial charge on any atom is 0.270 e. The molecule has 1 aliphatic rings. The van der Waals surface area contributed by atoms with E-state index in [1.165, 1.54) is 23.1 Å². The van der Waals surface area contributed by atoms with Gasteiger partial charge in [-0.05, 0) is 54.7 Å². The Hall–Kier alpha value is -3.56. The fourth-order valence-electron chi connectivity index (χ4n) is 3.08. The number of thiocarbonyl (C=S) groups is 1. The second-order valence-corrected chi connectivity index (χ2v) is 7.77. The highest BCUT2D eigenvalue weighted by molar-refractivity contribution is 9.10. The van der Waals surface area contributed by atoms with Gasteiger partial charge < -0.3 is 14.3 Å². The van der Waals surface area contributed by atoms with Crippen molar-refractivity contribution in [3.63, 3.8) is 0 Å². The topological polar surface area (TPSA) is 103 Å². The monoisotopic (exact) mass is 495 g/mol. The summed E-state index contributed by atoms with van der Waals surface area (Å²) in [5.74, 6) is -2.14. The number of carboxylic acid groups (broad SMARTS) is 1. The van der Waals surface area contributed by atoms with Crippen LogP contribution < -0.4 is 15.3 Å². The van der Waals surface area contributed by atoms with E-state index in [4.69, 9.17) is 16.6 Å². The Labute approximate surface area is 190 Å². The largest absolute Gasteiger partial charge is 0.545 e. The molecule has 1 aromatic heterocycles. The zero-order valence-corrected chi connectivity index (χ0v) is 18.0. The van der Waals surface area contributed by atoms with Gasteiger partial charge in [-0.15, -0.1) is 0 Å². The Morgan fingerprint density at radius 2 is 1.77 bits per heavy atom. The summed E-state index contributed by atoms with van der Waals surface area (Å²) in [5.41, 5.74) is 0.608. The number of furan rings is 1. The highest BCUT2D eigenvalue weighted by atomic mass is 79.9. The van der Waals surface area contributed by atoms with Gasteiger partial charge in [0.2, 0.25) is 0 Å². The number of nitrogens with one attached hydrogen (secondary N) is 1. The molecule has 31 heavy (non-hydrogen) atoms. The van der Waals surface area contributed by atoms with Gasteiger partial charge in [-0.3, -0.25) is 19.8 Å². The number of benzene rings is 2. The molecular formula is C22H12BrN2O5S-. The molecule has 9 heteroatoms. The Balaban J connectivity index is 1.69. The first kappa shape index (κ1) is 20.7. The maximum absolute atomic E-state index is 13.0. The fourth-order valence-corrected chi connectivity index (χ4v) is 3.62. The van der Waals surface area contributed by atoms with Crippen LogP contribution in [0.1, 0.15) is 16.1 Å². The lowest BCUT2D eigenvalue weighted by molar-refractivity contribution is -0.255. The van der Waals surface area contributed by atoms with Crippen LogP contribution in [0.5, 0.6) is 0 Å². The van der Waals surface area contributed by atoms with Crippen LogP contribution >= 0.6 is 28.1 Å². The van der Waals surface area contributed by atoms with Crippen molar-refractivity contribution in [3.05, 3.63) is 82.0 Å². The minimum atomic E-state index is -1.34. The number of halogens is 1. The van der Waals surface area contributed by atoms with Crippen LogP contribution in [0.15, 0.2) is 75.1 Å². The van der Waals surface area contributed by atoms with E-state index in [0.717, 1.165) is 4.47 Å². The van der Waals surface area contributed by atoms with Crippen LogP contribution in [0.3, 0.4) is 0 Å². The van der Waals surface area contributed by atoms with Crippen molar-refractivity contribution in [3.8, 4) is 11.3 Å². The number of nitrogens with zero attached hydrogens (tertiary/aromatic N) is 1. The van der Waals surface area contributed by atoms with E-state index in [9.17, 15) is 19.5 Å². The minimum Gasteiger partial charge on any atom is -0.545 e. The summed E-state index contributed by atoms with van der Waals surface area (Å²) in [5, 5.41) is 13.8. The normalized spacial score (nSPS) is 15.3. The zero-order valence-electron chi connectivity index (χ0n) is 15.6. The van der Waals surface area contributed by atoms with Gasteiger partial charge in [0.25, 0.3) is 11.8 Å². The number of anilines is 1. The van der Waals surface area contributed by atoms with Crippen molar-refractivity contribution in [2.45, 2.75) is 0 Å². The summed E-state index contributed by atoms with van der Waals surface area (Å²) >= 11 is 8.50. The van der Waals surface area contributed by atoms with Crippen LogP contribution in [-0.4, -0.2) is 22.9 Å². The van der Waals surface area contributed by atoms with Gasteiger partial charge in [0, 0.05) is 15.6 Å². The molecule has 2 heterocycles. The first-order valence-corrected chi connectivity index (χ1v) is 10.1. The summed E-state index contributed by atoms with van der Waals surface area (Å²) in [6.45, 7) is 0. The molecule has 0 bridgehead atoms.